The summed E-state index contributed by atoms with van der Waals surface area (Å²) >= 11 is 1.26. The molecule has 1 heterocycles. The molecule has 1 aromatic heterocycles. The van der Waals surface area contributed by atoms with E-state index in [1.807, 2.05) is 13.8 Å². The van der Waals surface area contributed by atoms with Crippen molar-refractivity contribution in [3.8, 4) is 0 Å². The number of nitrogens with zero attached hydrogens (tertiary/aromatic N) is 1. The molecule has 1 rings (SSSR count). The maximum atomic E-state index is 11.0. The van der Waals surface area contributed by atoms with Gasteiger partial charge in [0.05, 0.1) is 16.8 Å². The highest BCUT2D eigenvalue weighted by Crippen LogP contribution is 2.21. The van der Waals surface area contributed by atoms with Gasteiger partial charge in [-0.3, -0.25) is 0 Å². The summed E-state index contributed by atoms with van der Waals surface area (Å²) in [5.41, 5.74) is 0.707. The summed E-state index contributed by atoms with van der Waals surface area (Å²) in [6.07, 6.45) is 2.37. The highest BCUT2D eigenvalue weighted by Gasteiger charge is 2.17. The van der Waals surface area contributed by atoms with Crippen LogP contribution in [0.15, 0.2) is 0 Å². The van der Waals surface area contributed by atoms with Gasteiger partial charge >= 0.3 is 5.97 Å². The van der Waals surface area contributed by atoms with Gasteiger partial charge < -0.3 is 9.84 Å². The highest BCUT2D eigenvalue weighted by molar-refractivity contribution is 7.13. The summed E-state index contributed by atoms with van der Waals surface area (Å²) < 4.78 is 5.14. The van der Waals surface area contributed by atoms with Gasteiger partial charge in [0.25, 0.3) is 0 Å². The molecular weight excluding hydrogens is 226 g/mol. The number of hydrogen-bond donors (Lipinski definition) is 1. The van der Waals surface area contributed by atoms with Crippen molar-refractivity contribution in [2.75, 3.05) is 7.11 Å². The van der Waals surface area contributed by atoms with Crippen LogP contribution in [0, 0.1) is 0 Å². The van der Waals surface area contributed by atoms with Crippen LogP contribution < -0.4 is 0 Å². The minimum atomic E-state index is -0.878. The minimum absolute atomic E-state index is 0.0715. The molecule has 0 saturated carbocycles. The molecule has 0 fully saturated rings. The Balaban J connectivity index is 2.87. The number of aromatic nitrogens is 1. The van der Waals surface area contributed by atoms with E-state index in [4.69, 9.17) is 9.84 Å². The lowest BCUT2D eigenvalue weighted by atomic mass is 10.2. The zero-order valence-electron chi connectivity index (χ0n) is 9.82. The van der Waals surface area contributed by atoms with Gasteiger partial charge in [-0.1, -0.05) is 13.3 Å². The van der Waals surface area contributed by atoms with Crippen LogP contribution in [0.4, 0.5) is 0 Å². The first kappa shape index (κ1) is 13.1. The number of aromatic carboxylic acids is 1. The van der Waals surface area contributed by atoms with Gasteiger partial charge in [0.15, 0.2) is 0 Å². The smallest absolute Gasteiger partial charge is 0.347 e. The summed E-state index contributed by atoms with van der Waals surface area (Å²) in [4.78, 5) is 15.7. The molecule has 0 spiro atoms. The van der Waals surface area contributed by atoms with Crippen LogP contribution in [-0.4, -0.2) is 29.3 Å². The number of rotatable bonds is 6. The van der Waals surface area contributed by atoms with Crippen LogP contribution in [0.3, 0.4) is 0 Å². The number of methoxy groups -OCH3 is 1. The highest BCUT2D eigenvalue weighted by atomic mass is 32.1. The molecule has 0 aliphatic heterocycles. The van der Waals surface area contributed by atoms with Crippen molar-refractivity contribution in [2.45, 2.75) is 39.2 Å². The third-order valence-electron chi connectivity index (χ3n) is 2.29. The van der Waals surface area contributed by atoms with Crippen LogP contribution in [0.2, 0.25) is 0 Å². The molecule has 5 heteroatoms. The number of aryl methyl sites for hydroxylation is 1. The van der Waals surface area contributed by atoms with Crippen LogP contribution in [0.1, 0.15) is 40.6 Å². The Labute approximate surface area is 99.3 Å². The second-order valence-corrected chi connectivity index (χ2v) is 4.77. The van der Waals surface area contributed by atoms with E-state index in [9.17, 15) is 4.79 Å². The number of ether oxygens (including phenoxy) is 1. The third kappa shape index (κ3) is 3.28. The van der Waals surface area contributed by atoms with Gasteiger partial charge in [0.1, 0.15) is 4.88 Å². The normalized spacial score (nSPS) is 12.7. The van der Waals surface area contributed by atoms with Gasteiger partial charge in [-0.15, -0.1) is 11.3 Å². The summed E-state index contributed by atoms with van der Waals surface area (Å²) in [6, 6.07) is 0. The van der Waals surface area contributed by atoms with Gasteiger partial charge in [-0.2, -0.15) is 0 Å². The van der Waals surface area contributed by atoms with E-state index in [1.54, 1.807) is 7.11 Å². The Bertz CT molecular complexity index is 362. The van der Waals surface area contributed by atoms with Crippen LogP contribution in [0.25, 0.3) is 0 Å². The number of carboxylic acids is 1. The molecule has 0 saturated heterocycles. The van der Waals surface area contributed by atoms with Gasteiger partial charge in [0, 0.05) is 13.5 Å². The van der Waals surface area contributed by atoms with E-state index in [2.05, 4.69) is 4.98 Å². The molecule has 0 radical (unpaired) electrons. The van der Waals surface area contributed by atoms with E-state index in [0.29, 0.717) is 17.0 Å². The monoisotopic (exact) mass is 243 g/mol. The van der Waals surface area contributed by atoms with Crippen LogP contribution in [-0.2, 0) is 17.6 Å². The molecule has 4 nitrogen and oxygen atoms in total. The average molecular weight is 243 g/mol. The van der Waals surface area contributed by atoms with Gasteiger partial charge in [0.2, 0.25) is 0 Å². The lowest BCUT2D eigenvalue weighted by molar-refractivity contribution is 0.0700. The summed E-state index contributed by atoms with van der Waals surface area (Å²) in [5.74, 6) is -0.878. The number of carbonyl (C=O) groups is 1. The van der Waals surface area contributed by atoms with Crippen LogP contribution >= 0.6 is 11.3 Å². The average Bonchev–Trinajstić information content (AvgIpc) is 2.61. The van der Waals surface area contributed by atoms with Crippen LogP contribution in [0.5, 0.6) is 0 Å². The first-order chi connectivity index (χ1) is 7.58. The molecule has 1 aromatic rings. The van der Waals surface area contributed by atoms with Crippen molar-refractivity contribution < 1.29 is 14.6 Å². The van der Waals surface area contributed by atoms with Crippen molar-refractivity contribution in [3.05, 3.63) is 15.6 Å². The largest absolute Gasteiger partial charge is 0.477 e. The molecule has 0 bridgehead atoms. The Morgan fingerprint density at radius 2 is 2.31 bits per heavy atom. The molecule has 0 aromatic carbocycles. The fourth-order valence-electron chi connectivity index (χ4n) is 1.39. The summed E-state index contributed by atoms with van der Waals surface area (Å²) in [7, 11) is 1.64. The van der Waals surface area contributed by atoms with Crippen molar-refractivity contribution in [1.82, 2.24) is 4.98 Å². The summed E-state index contributed by atoms with van der Waals surface area (Å²) in [6.45, 7) is 3.96. The lowest BCUT2D eigenvalue weighted by Crippen LogP contribution is -2.08. The molecule has 1 unspecified atom stereocenters. The zero-order valence-corrected chi connectivity index (χ0v) is 10.6. The number of carboxylic acid groups (broad SMARTS) is 1. The molecular formula is C11H17NO3S. The van der Waals surface area contributed by atoms with E-state index < -0.39 is 5.97 Å². The fourth-order valence-corrected chi connectivity index (χ4v) is 2.45. The second-order valence-electron chi connectivity index (χ2n) is 3.69. The fraction of sp³-hybridized carbons (Fsp3) is 0.636. The number of thiazole rings is 1. The predicted molar refractivity (Wildman–Crippen MR) is 63.2 cm³/mol. The topological polar surface area (TPSA) is 59.4 Å². The molecule has 0 aliphatic rings. The predicted octanol–water partition coefficient (Wildman–Crippen LogP) is 2.37. The van der Waals surface area contributed by atoms with Gasteiger partial charge in [-0.25, -0.2) is 9.78 Å². The molecule has 0 amide bonds. The molecule has 1 atom stereocenters. The van der Waals surface area contributed by atoms with E-state index in [1.165, 1.54) is 11.3 Å². The quantitative estimate of drug-likeness (QED) is 0.833. The zero-order chi connectivity index (χ0) is 12.1. The van der Waals surface area contributed by atoms with Gasteiger partial charge in [-0.05, 0) is 13.3 Å². The standard InChI is InChI=1S/C11H17NO3S/c1-4-5-8-10(11(13)14)16-9(12-8)6-7(2)15-3/h7H,4-6H2,1-3H3,(H,13,14). The number of hydrogen-bond acceptors (Lipinski definition) is 4. The lowest BCUT2D eigenvalue weighted by Gasteiger charge is -2.05. The Morgan fingerprint density at radius 3 is 2.81 bits per heavy atom. The maximum Gasteiger partial charge on any atom is 0.347 e. The third-order valence-corrected chi connectivity index (χ3v) is 3.40. The second kappa shape index (κ2) is 5.96. The van der Waals surface area contributed by atoms with E-state index in [0.717, 1.165) is 17.8 Å². The first-order valence-corrected chi connectivity index (χ1v) is 6.14. The summed E-state index contributed by atoms with van der Waals surface area (Å²) in [5, 5.41) is 9.88. The SMILES string of the molecule is CCCc1nc(CC(C)OC)sc1C(=O)O. The molecule has 90 valence electrons. The van der Waals surface area contributed by atoms with Crippen molar-refractivity contribution in [1.29, 1.82) is 0 Å². The molecule has 16 heavy (non-hydrogen) atoms. The van der Waals surface area contributed by atoms with Crippen molar-refractivity contribution in [3.63, 3.8) is 0 Å². The van der Waals surface area contributed by atoms with E-state index >= 15 is 0 Å². The Morgan fingerprint density at radius 1 is 1.62 bits per heavy atom. The molecule has 0 aliphatic carbocycles. The van der Waals surface area contributed by atoms with Crippen molar-refractivity contribution >= 4 is 17.3 Å². The molecule has 1 N–H and O–H groups in total. The Hall–Kier alpha value is -0.940. The minimum Gasteiger partial charge on any atom is -0.477 e. The Kier molecular flexibility index (Phi) is 4.89. The van der Waals surface area contributed by atoms with E-state index in [-0.39, 0.29) is 6.10 Å². The van der Waals surface area contributed by atoms with Crippen molar-refractivity contribution in [2.24, 2.45) is 0 Å². The maximum absolute atomic E-state index is 11.0. The first-order valence-electron chi connectivity index (χ1n) is 5.33.